The molecular formula is C14H17Cl2N3. The predicted octanol–water partition coefficient (Wildman–Crippen LogP) is 3.89. The average molecular weight is 298 g/mol. The van der Waals surface area contributed by atoms with Gasteiger partial charge in [-0.25, -0.2) is 0 Å². The number of nitrogens with one attached hydrogen (secondary N) is 1. The quantitative estimate of drug-likeness (QED) is 0.928. The minimum Gasteiger partial charge on any atom is -0.306 e. The lowest BCUT2D eigenvalue weighted by Gasteiger charge is -2.14. The van der Waals surface area contributed by atoms with E-state index in [2.05, 4.69) is 17.3 Å². The monoisotopic (exact) mass is 297 g/mol. The van der Waals surface area contributed by atoms with Crippen molar-refractivity contribution >= 4 is 23.2 Å². The van der Waals surface area contributed by atoms with Crippen molar-refractivity contribution in [3.05, 3.63) is 51.3 Å². The van der Waals surface area contributed by atoms with Gasteiger partial charge in [0.05, 0.1) is 5.69 Å². The van der Waals surface area contributed by atoms with E-state index < -0.39 is 0 Å². The summed E-state index contributed by atoms with van der Waals surface area (Å²) < 4.78 is 1.70. The van der Waals surface area contributed by atoms with Crippen LogP contribution in [0.2, 0.25) is 10.2 Å². The molecule has 0 aliphatic heterocycles. The summed E-state index contributed by atoms with van der Waals surface area (Å²) in [6, 6.07) is 8.08. The van der Waals surface area contributed by atoms with E-state index in [-0.39, 0.29) is 6.04 Å². The van der Waals surface area contributed by atoms with Crippen molar-refractivity contribution in [1.82, 2.24) is 15.1 Å². The normalized spacial score (nSPS) is 12.7. The summed E-state index contributed by atoms with van der Waals surface area (Å²) in [4.78, 5) is 0. The van der Waals surface area contributed by atoms with Crippen LogP contribution in [0.1, 0.15) is 29.8 Å². The number of aryl methyl sites for hydroxylation is 2. The van der Waals surface area contributed by atoms with Crippen LogP contribution in [-0.2, 0) is 13.6 Å². The van der Waals surface area contributed by atoms with Crippen molar-refractivity contribution in [2.45, 2.75) is 26.4 Å². The molecule has 0 unspecified atom stereocenters. The van der Waals surface area contributed by atoms with Crippen LogP contribution >= 0.6 is 23.2 Å². The van der Waals surface area contributed by atoms with Gasteiger partial charge in [-0.05, 0) is 31.5 Å². The molecule has 3 nitrogen and oxygen atoms in total. The van der Waals surface area contributed by atoms with Gasteiger partial charge in [0.1, 0.15) is 5.15 Å². The second-order valence-electron chi connectivity index (χ2n) is 4.63. The van der Waals surface area contributed by atoms with Crippen molar-refractivity contribution < 1.29 is 0 Å². The first kappa shape index (κ1) is 14.4. The average Bonchev–Trinajstić information content (AvgIpc) is 2.62. The Morgan fingerprint density at radius 1 is 1.26 bits per heavy atom. The molecule has 0 amide bonds. The third kappa shape index (κ3) is 3.30. The Balaban J connectivity index is 2.04. The first-order valence-corrected chi connectivity index (χ1v) is 6.91. The lowest BCUT2D eigenvalue weighted by Crippen LogP contribution is -2.18. The fourth-order valence-electron chi connectivity index (χ4n) is 2.00. The Labute approximate surface area is 123 Å². The highest BCUT2D eigenvalue weighted by Gasteiger charge is 2.12. The topological polar surface area (TPSA) is 29.9 Å². The molecule has 5 heteroatoms. The summed E-state index contributed by atoms with van der Waals surface area (Å²) >= 11 is 12.1. The number of halogens is 2. The van der Waals surface area contributed by atoms with E-state index in [1.165, 1.54) is 5.56 Å². The summed E-state index contributed by atoms with van der Waals surface area (Å²) in [5.41, 5.74) is 3.20. The Morgan fingerprint density at radius 3 is 2.42 bits per heavy atom. The van der Waals surface area contributed by atoms with Crippen LogP contribution in [0.5, 0.6) is 0 Å². The van der Waals surface area contributed by atoms with Crippen molar-refractivity contribution in [3.63, 3.8) is 0 Å². The van der Waals surface area contributed by atoms with Gasteiger partial charge in [0, 0.05) is 30.2 Å². The molecule has 1 heterocycles. The zero-order valence-corrected chi connectivity index (χ0v) is 12.8. The predicted molar refractivity (Wildman–Crippen MR) is 79.7 cm³/mol. The molecule has 0 radical (unpaired) electrons. The third-order valence-corrected chi connectivity index (χ3v) is 3.95. The molecular weight excluding hydrogens is 281 g/mol. The molecule has 2 rings (SSSR count). The summed E-state index contributed by atoms with van der Waals surface area (Å²) in [6.07, 6.45) is 0. The highest BCUT2D eigenvalue weighted by atomic mass is 35.5. The van der Waals surface area contributed by atoms with Crippen LogP contribution in [0.15, 0.2) is 24.3 Å². The Bertz CT molecular complexity index is 561. The number of hydrogen-bond acceptors (Lipinski definition) is 2. The van der Waals surface area contributed by atoms with E-state index in [9.17, 15) is 0 Å². The van der Waals surface area contributed by atoms with Gasteiger partial charge in [-0.15, -0.1) is 0 Å². The van der Waals surface area contributed by atoms with Gasteiger partial charge in [-0.3, -0.25) is 4.68 Å². The van der Waals surface area contributed by atoms with Gasteiger partial charge in [-0.2, -0.15) is 5.10 Å². The number of hydrogen-bond donors (Lipinski definition) is 1. The SMILES string of the molecule is Cc1nn(C)c(Cl)c1CN[C@@H](C)c1ccc(Cl)cc1. The molecule has 0 aliphatic carbocycles. The van der Waals surface area contributed by atoms with Crippen molar-refractivity contribution in [2.24, 2.45) is 7.05 Å². The summed E-state index contributed by atoms with van der Waals surface area (Å²) in [6.45, 7) is 4.78. The number of aromatic nitrogens is 2. The van der Waals surface area contributed by atoms with Crippen LogP contribution in [-0.4, -0.2) is 9.78 Å². The van der Waals surface area contributed by atoms with Crippen molar-refractivity contribution in [1.29, 1.82) is 0 Å². The first-order valence-electron chi connectivity index (χ1n) is 6.16. The second-order valence-corrected chi connectivity index (χ2v) is 5.43. The maximum atomic E-state index is 6.21. The van der Waals surface area contributed by atoms with Crippen LogP contribution in [0, 0.1) is 6.92 Å². The van der Waals surface area contributed by atoms with E-state index in [1.807, 2.05) is 38.2 Å². The van der Waals surface area contributed by atoms with E-state index >= 15 is 0 Å². The molecule has 1 aromatic carbocycles. The minimum atomic E-state index is 0.230. The van der Waals surface area contributed by atoms with Crippen molar-refractivity contribution in [2.75, 3.05) is 0 Å². The molecule has 1 atom stereocenters. The van der Waals surface area contributed by atoms with E-state index in [4.69, 9.17) is 23.2 Å². The zero-order chi connectivity index (χ0) is 14.0. The standard InChI is InChI=1S/C14H17Cl2N3/c1-9(11-4-6-12(15)7-5-11)17-8-13-10(2)18-19(3)14(13)16/h4-7,9,17H,8H2,1-3H3/t9-/m0/s1. The van der Waals surface area contributed by atoms with Crippen molar-refractivity contribution in [3.8, 4) is 0 Å². The molecule has 0 fully saturated rings. The van der Waals surface area contributed by atoms with Gasteiger partial charge < -0.3 is 5.32 Å². The molecule has 19 heavy (non-hydrogen) atoms. The fourth-order valence-corrected chi connectivity index (χ4v) is 2.37. The highest BCUT2D eigenvalue weighted by Crippen LogP contribution is 2.21. The van der Waals surface area contributed by atoms with Gasteiger partial charge >= 0.3 is 0 Å². The van der Waals surface area contributed by atoms with Crippen LogP contribution < -0.4 is 5.32 Å². The largest absolute Gasteiger partial charge is 0.306 e. The van der Waals surface area contributed by atoms with E-state index in [0.717, 1.165) is 16.3 Å². The zero-order valence-electron chi connectivity index (χ0n) is 11.2. The summed E-state index contributed by atoms with van der Waals surface area (Å²) in [5.74, 6) is 0. The minimum absolute atomic E-state index is 0.230. The summed E-state index contributed by atoms with van der Waals surface area (Å²) in [7, 11) is 1.85. The molecule has 0 spiro atoms. The molecule has 2 aromatic rings. The lowest BCUT2D eigenvalue weighted by atomic mass is 10.1. The number of rotatable bonds is 4. The highest BCUT2D eigenvalue weighted by molar-refractivity contribution is 6.30. The van der Waals surface area contributed by atoms with E-state index in [1.54, 1.807) is 4.68 Å². The molecule has 1 aromatic heterocycles. The van der Waals surface area contributed by atoms with E-state index in [0.29, 0.717) is 11.7 Å². The Kier molecular flexibility index (Phi) is 4.50. The smallest absolute Gasteiger partial charge is 0.131 e. The van der Waals surface area contributed by atoms with Crippen LogP contribution in [0.4, 0.5) is 0 Å². The first-order chi connectivity index (χ1) is 8.99. The summed E-state index contributed by atoms with van der Waals surface area (Å²) in [5, 5.41) is 9.19. The number of nitrogens with zero attached hydrogens (tertiary/aromatic N) is 2. The number of benzene rings is 1. The molecule has 1 N–H and O–H groups in total. The third-order valence-electron chi connectivity index (χ3n) is 3.22. The molecule has 0 bridgehead atoms. The van der Waals surface area contributed by atoms with Gasteiger partial charge in [0.25, 0.3) is 0 Å². The van der Waals surface area contributed by atoms with Gasteiger partial charge in [0.15, 0.2) is 0 Å². The molecule has 102 valence electrons. The van der Waals surface area contributed by atoms with Gasteiger partial charge in [-0.1, -0.05) is 35.3 Å². The maximum absolute atomic E-state index is 6.21. The Hall–Kier alpha value is -1.03. The fraction of sp³-hybridized carbons (Fsp3) is 0.357. The molecule has 0 saturated heterocycles. The lowest BCUT2D eigenvalue weighted by molar-refractivity contribution is 0.573. The second kappa shape index (κ2) is 5.95. The van der Waals surface area contributed by atoms with Gasteiger partial charge in [0.2, 0.25) is 0 Å². The van der Waals surface area contributed by atoms with Crippen LogP contribution in [0.25, 0.3) is 0 Å². The maximum Gasteiger partial charge on any atom is 0.131 e. The van der Waals surface area contributed by atoms with Crippen LogP contribution in [0.3, 0.4) is 0 Å². The Morgan fingerprint density at radius 2 is 1.89 bits per heavy atom. The molecule has 0 aliphatic rings. The molecule has 0 saturated carbocycles.